The van der Waals surface area contributed by atoms with Gasteiger partial charge in [0.05, 0.1) is 10.2 Å². The minimum Gasteiger partial charge on any atom is -0.345 e. The maximum Gasteiger partial charge on any atom is 0.223 e. The predicted octanol–water partition coefficient (Wildman–Crippen LogP) is 4.99. The molecule has 0 unspecified atom stereocenters. The normalized spacial score (nSPS) is 14.6. The molecule has 1 amide bonds. The van der Waals surface area contributed by atoms with Crippen molar-refractivity contribution in [3.8, 4) is 0 Å². The number of fused-ring (bicyclic) bond motifs is 1. The number of hydrogen-bond donors (Lipinski definition) is 0. The molecule has 0 aliphatic carbocycles. The average molecular weight is 448 g/mol. The second-order valence-corrected chi connectivity index (χ2v) is 9.75. The van der Waals surface area contributed by atoms with Gasteiger partial charge in [0, 0.05) is 48.1 Å². The summed E-state index contributed by atoms with van der Waals surface area (Å²) >= 11 is 5.03. The van der Waals surface area contributed by atoms with Crippen LogP contribution in [-0.4, -0.2) is 54.0 Å². The van der Waals surface area contributed by atoms with E-state index in [0.29, 0.717) is 12.2 Å². The molecule has 29 heavy (non-hydrogen) atoms. The van der Waals surface area contributed by atoms with Gasteiger partial charge in [-0.3, -0.25) is 4.79 Å². The Hall–Kier alpha value is -1.77. The molecule has 8 heteroatoms. The fraction of sp³-hybridized carbons (Fsp3) is 0.333. The number of hydrogen-bond acceptors (Lipinski definition) is 6. The molecular weight excluding hydrogens is 425 g/mol. The number of rotatable bonds is 6. The molecule has 0 atom stereocenters. The van der Waals surface area contributed by atoms with Gasteiger partial charge in [0.2, 0.25) is 5.91 Å². The smallest absolute Gasteiger partial charge is 0.223 e. The Morgan fingerprint density at radius 2 is 1.90 bits per heavy atom. The molecule has 3 aromatic rings. The van der Waals surface area contributed by atoms with Gasteiger partial charge >= 0.3 is 0 Å². The molecule has 1 aliphatic rings. The number of carbonyl (C=O) groups is 1. The fourth-order valence-electron chi connectivity index (χ4n) is 3.30. The Morgan fingerprint density at radius 3 is 2.62 bits per heavy atom. The number of aromatic nitrogens is 1. The molecule has 0 bridgehead atoms. The van der Waals surface area contributed by atoms with Gasteiger partial charge < -0.3 is 9.80 Å². The van der Waals surface area contributed by atoms with E-state index in [4.69, 9.17) is 4.98 Å². The fourth-order valence-corrected chi connectivity index (χ4v) is 5.82. The second kappa shape index (κ2) is 9.36. The molecule has 0 saturated carbocycles. The summed E-state index contributed by atoms with van der Waals surface area (Å²) in [5.74, 6) is 0.661. The highest BCUT2D eigenvalue weighted by atomic mass is 32.2. The largest absolute Gasteiger partial charge is 0.345 e. The maximum atomic E-state index is 13.0. The van der Waals surface area contributed by atoms with Crippen LogP contribution in [-0.2, 0) is 4.79 Å². The van der Waals surface area contributed by atoms with E-state index in [1.165, 1.54) is 21.7 Å². The number of benzene rings is 2. The van der Waals surface area contributed by atoms with Crippen molar-refractivity contribution in [3.63, 3.8) is 0 Å². The molecule has 1 aliphatic heterocycles. The van der Waals surface area contributed by atoms with Crippen molar-refractivity contribution < 1.29 is 9.18 Å². The van der Waals surface area contributed by atoms with Crippen LogP contribution in [0.5, 0.6) is 0 Å². The minimum absolute atomic E-state index is 0.188. The van der Waals surface area contributed by atoms with Gasteiger partial charge in [-0.1, -0.05) is 17.4 Å². The lowest BCUT2D eigenvalue weighted by molar-refractivity contribution is -0.131. The van der Waals surface area contributed by atoms with Crippen LogP contribution < -0.4 is 4.90 Å². The summed E-state index contributed by atoms with van der Waals surface area (Å²) < 4.78 is 14.2. The SMILES string of the molecule is CSc1cccc2sc(N3CCN(C(=O)CCSc4ccc(F)cc4)CC3)nc12. The number of thioether (sulfide) groups is 2. The zero-order valence-corrected chi connectivity index (χ0v) is 18.6. The Balaban J connectivity index is 1.28. The van der Waals surface area contributed by atoms with Crippen LogP contribution in [0.15, 0.2) is 52.3 Å². The summed E-state index contributed by atoms with van der Waals surface area (Å²) in [6.07, 6.45) is 2.58. The molecule has 1 aromatic heterocycles. The number of para-hydroxylation sites is 1. The molecule has 0 spiro atoms. The standard InChI is InChI=1S/C21H22FN3OS3/c1-27-17-3-2-4-18-20(17)23-21(29-18)25-12-10-24(11-13-25)19(26)9-14-28-16-7-5-15(22)6-8-16/h2-8H,9-14H2,1H3. The second-order valence-electron chi connectivity index (χ2n) is 6.72. The minimum atomic E-state index is -0.235. The Labute approximate surface area is 182 Å². The quantitative estimate of drug-likeness (QED) is 0.498. The van der Waals surface area contributed by atoms with E-state index in [1.54, 1.807) is 47.0 Å². The Kier molecular flexibility index (Phi) is 6.62. The van der Waals surface area contributed by atoms with E-state index in [1.807, 2.05) is 4.90 Å². The van der Waals surface area contributed by atoms with Crippen molar-refractivity contribution in [1.82, 2.24) is 9.88 Å². The van der Waals surface area contributed by atoms with Crippen molar-refractivity contribution in [2.24, 2.45) is 0 Å². The number of thiazole rings is 1. The summed E-state index contributed by atoms with van der Waals surface area (Å²) in [6, 6.07) is 12.7. The maximum absolute atomic E-state index is 13.0. The Bertz CT molecular complexity index is 985. The topological polar surface area (TPSA) is 36.4 Å². The van der Waals surface area contributed by atoms with Crippen LogP contribution in [0.4, 0.5) is 9.52 Å². The van der Waals surface area contributed by atoms with Crippen LogP contribution >= 0.6 is 34.9 Å². The van der Waals surface area contributed by atoms with E-state index < -0.39 is 0 Å². The van der Waals surface area contributed by atoms with Crippen molar-refractivity contribution in [3.05, 3.63) is 48.3 Å². The van der Waals surface area contributed by atoms with Crippen LogP contribution in [0.2, 0.25) is 0 Å². The van der Waals surface area contributed by atoms with Crippen LogP contribution in [0.3, 0.4) is 0 Å². The highest BCUT2D eigenvalue weighted by Gasteiger charge is 2.23. The first-order valence-corrected chi connectivity index (χ1v) is 12.5. The van der Waals surface area contributed by atoms with Crippen molar-refractivity contribution in [2.45, 2.75) is 16.2 Å². The molecular formula is C21H22FN3OS3. The Morgan fingerprint density at radius 1 is 1.14 bits per heavy atom. The average Bonchev–Trinajstić information content (AvgIpc) is 3.19. The predicted molar refractivity (Wildman–Crippen MR) is 122 cm³/mol. The summed E-state index contributed by atoms with van der Waals surface area (Å²) in [5.41, 5.74) is 1.08. The van der Waals surface area contributed by atoms with Gasteiger partial charge in [-0.2, -0.15) is 0 Å². The van der Waals surface area contributed by atoms with E-state index in [2.05, 4.69) is 29.4 Å². The van der Waals surface area contributed by atoms with Gasteiger partial charge in [-0.05, 0) is 42.7 Å². The molecule has 4 rings (SSSR count). The van der Waals surface area contributed by atoms with Gasteiger partial charge in [-0.25, -0.2) is 9.37 Å². The highest BCUT2D eigenvalue weighted by Crippen LogP contribution is 2.34. The zero-order valence-electron chi connectivity index (χ0n) is 16.1. The van der Waals surface area contributed by atoms with E-state index in [9.17, 15) is 9.18 Å². The molecule has 0 N–H and O–H groups in total. The summed E-state index contributed by atoms with van der Waals surface area (Å²) in [5, 5.41) is 1.04. The first-order valence-electron chi connectivity index (χ1n) is 9.48. The number of anilines is 1. The highest BCUT2D eigenvalue weighted by molar-refractivity contribution is 7.99. The van der Waals surface area contributed by atoms with Crippen LogP contribution in [0.1, 0.15) is 6.42 Å². The molecule has 1 saturated heterocycles. The summed E-state index contributed by atoms with van der Waals surface area (Å²) in [7, 11) is 0. The molecule has 152 valence electrons. The number of piperazine rings is 1. The molecule has 2 aromatic carbocycles. The van der Waals surface area contributed by atoms with Gasteiger partial charge in [-0.15, -0.1) is 23.5 Å². The summed E-state index contributed by atoms with van der Waals surface area (Å²) in [6.45, 7) is 3.08. The van der Waals surface area contributed by atoms with Gasteiger partial charge in [0.15, 0.2) is 5.13 Å². The van der Waals surface area contributed by atoms with Gasteiger partial charge in [0.25, 0.3) is 0 Å². The lowest BCUT2D eigenvalue weighted by Gasteiger charge is -2.34. The third-order valence-electron chi connectivity index (χ3n) is 4.89. The third-order valence-corrected chi connectivity index (χ3v) is 7.76. The van der Waals surface area contributed by atoms with Crippen LogP contribution in [0, 0.1) is 5.82 Å². The number of carbonyl (C=O) groups excluding carboxylic acids is 1. The van der Waals surface area contributed by atoms with Crippen molar-refractivity contribution in [2.75, 3.05) is 43.1 Å². The lowest BCUT2D eigenvalue weighted by Crippen LogP contribution is -2.48. The summed E-state index contributed by atoms with van der Waals surface area (Å²) in [4.78, 5) is 23.8. The van der Waals surface area contributed by atoms with E-state index in [0.717, 1.165) is 41.7 Å². The molecule has 1 fully saturated rings. The van der Waals surface area contributed by atoms with Crippen molar-refractivity contribution in [1.29, 1.82) is 0 Å². The first kappa shape index (κ1) is 20.5. The zero-order chi connectivity index (χ0) is 20.2. The number of nitrogens with zero attached hydrogens (tertiary/aromatic N) is 3. The number of amides is 1. The third kappa shape index (κ3) is 4.87. The molecule has 2 heterocycles. The van der Waals surface area contributed by atoms with Crippen molar-refractivity contribution >= 4 is 56.1 Å². The van der Waals surface area contributed by atoms with E-state index >= 15 is 0 Å². The van der Waals surface area contributed by atoms with Crippen LogP contribution in [0.25, 0.3) is 10.2 Å². The molecule has 0 radical (unpaired) electrons. The monoisotopic (exact) mass is 447 g/mol. The van der Waals surface area contributed by atoms with Gasteiger partial charge in [0.1, 0.15) is 5.82 Å². The first-order chi connectivity index (χ1) is 14.1. The molecule has 4 nitrogen and oxygen atoms in total. The number of halogens is 1. The van der Waals surface area contributed by atoms with E-state index in [-0.39, 0.29) is 11.7 Å². The lowest BCUT2D eigenvalue weighted by atomic mass is 10.3.